The van der Waals surface area contributed by atoms with Crippen LogP contribution >= 0.6 is 0 Å². The molecule has 1 rings (SSSR count). The fourth-order valence-corrected chi connectivity index (χ4v) is 1.94. The quantitative estimate of drug-likeness (QED) is 0.774. The molecule has 0 atom stereocenters. The second kappa shape index (κ2) is 3.70. The molecule has 0 aliphatic heterocycles. The summed E-state index contributed by atoms with van der Waals surface area (Å²) in [4.78, 5) is 12.2. The van der Waals surface area contributed by atoms with E-state index < -0.39 is 32.6 Å². The molecule has 0 aliphatic rings. The predicted octanol–water partition coefficient (Wildman–Crippen LogP) is 0.268. The minimum absolute atomic E-state index is 0.243. The van der Waals surface area contributed by atoms with Gasteiger partial charge < -0.3 is 4.98 Å². The second-order valence-electron chi connectivity index (χ2n) is 2.88. The summed E-state index contributed by atoms with van der Waals surface area (Å²) < 4.78 is 46.7. The average Bonchev–Trinajstić information content (AvgIpc) is 2.06. The van der Waals surface area contributed by atoms with Gasteiger partial charge in [-0.2, -0.15) is 0 Å². The molecule has 1 aromatic heterocycles. The van der Waals surface area contributed by atoms with Gasteiger partial charge in [0.25, 0.3) is 6.43 Å². The van der Waals surface area contributed by atoms with E-state index in [9.17, 15) is 22.0 Å². The number of halogens is 2. The minimum atomic E-state index is -4.17. The first-order valence-corrected chi connectivity index (χ1v) is 5.33. The smallest absolute Gasteiger partial charge is 0.278 e. The first-order chi connectivity index (χ1) is 6.73. The third-order valence-electron chi connectivity index (χ3n) is 1.82. The summed E-state index contributed by atoms with van der Waals surface area (Å²) in [5.74, 6) is 0. The Balaban J connectivity index is 3.64. The van der Waals surface area contributed by atoms with Crippen molar-refractivity contribution in [3.63, 3.8) is 0 Å². The molecule has 3 N–H and O–H groups in total. The summed E-state index contributed by atoms with van der Waals surface area (Å²) >= 11 is 0. The zero-order chi connectivity index (χ0) is 11.8. The molecule has 1 aromatic rings. The number of aromatic nitrogens is 1. The summed E-state index contributed by atoms with van der Waals surface area (Å²) in [6.07, 6.45) is -2.96. The zero-order valence-electron chi connectivity index (χ0n) is 7.62. The third kappa shape index (κ3) is 2.39. The van der Waals surface area contributed by atoms with Gasteiger partial charge in [0.15, 0.2) is 0 Å². The van der Waals surface area contributed by atoms with Gasteiger partial charge in [-0.3, -0.25) is 4.79 Å². The maximum atomic E-state index is 12.4. The van der Waals surface area contributed by atoms with Crippen LogP contribution in [0.1, 0.15) is 17.7 Å². The van der Waals surface area contributed by atoms with Gasteiger partial charge in [0.1, 0.15) is 0 Å². The molecule has 0 saturated heterocycles. The summed E-state index contributed by atoms with van der Waals surface area (Å²) in [6.45, 7) is 1.15. The summed E-state index contributed by atoms with van der Waals surface area (Å²) in [7, 11) is -4.17. The lowest BCUT2D eigenvalue weighted by atomic mass is 10.2. The van der Waals surface area contributed by atoms with Crippen molar-refractivity contribution >= 4 is 10.0 Å². The fourth-order valence-electron chi connectivity index (χ4n) is 1.14. The molecular weight excluding hydrogens is 230 g/mol. The van der Waals surface area contributed by atoms with Crippen molar-refractivity contribution in [2.75, 3.05) is 0 Å². The van der Waals surface area contributed by atoms with Gasteiger partial charge >= 0.3 is 0 Å². The van der Waals surface area contributed by atoms with Crippen LogP contribution < -0.4 is 10.7 Å². The molecule has 0 fully saturated rings. The number of nitrogens with two attached hydrogens (primary N) is 1. The molecule has 0 radical (unpaired) electrons. The highest BCUT2D eigenvalue weighted by atomic mass is 32.2. The van der Waals surface area contributed by atoms with Crippen molar-refractivity contribution in [2.45, 2.75) is 18.2 Å². The maximum absolute atomic E-state index is 12.4. The van der Waals surface area contributed by atoms with E-state index in [1.54, 1.807) is 0 Å². The number of hydrogen-bond acceptors (Lipinski definition) is 3. The number of hydrogen-bond donors (Lipinski definition) is 2. The SMILES string of the molecule is Cc1c(S(N)(=O)=O)cc(=O)[nH]c1C(F)F. The minimum Gasteiger partial charge on any atom is -0.321 e. The van der Waals surface area contributed by atoms with E-state index >= 15 is 0 Å². The Morgan fingerprint density at radius 2 is 2.00 bits per heavy atom. The van der Waals surface area contributed by atoms with Crippen LogP contribution in [0.3, 0.4) is 0 Å². The molecular formula is C7H8F2N2O3S. The van der Waals surface area contributed by atoms with Crippen LogP contribution in [0, 0.1) is 6.92 Å². The Labute approximate surface area is 84.0 Å². The average molecular weight is 238 g/mol. The zero-order valence-corrected chi connectivity index (χ0v) is 8.44. The largest absolute Gasteiger partial charge is 0.321 e. The summed E-state index contributed by atoms with van der Waals surface area (Å²) in [5, 5.41) is 4.77. The second-order valence-corrected chi connectivity index (χ2v) is 4.41. The van der Waals surface area contributed by atoms with E-state index in [0.717, 1.165) is 6.92 Å². The Bertz CT molecular complexity index is 536. The number of alkyl halides is 2. The fraction of sp³-hybridized carbons (Fsp3) is 0.286. The van der Waals surface area contributed by atoms with Crippen molar-refractivity contribution in [3.8, 4) is 0 Å². The Kier molecular flexibility index (Phi) is 2.91. The number of aromatic amines is 1. The van der Waals surface area contributed by atoms with Crippen molar-refractivity contribution in [3.05, 3.63) is 27.7 Å². The van der Waals surface area contributed by atoms with E-state index in [0.29, 0.717) is 6.07 Å². The van der Waals surface area contributed by atoms with Gasteiger partial charge in [0, 0.05) is 6.07 Å². The molecule has 0 unspecified atom stereocenters. The van der Waals surface area contributed by atoms with E-state index in [4.69, 9.17) is 5.14 Å². The lowest BCUT2D eigenvalue weighted by Gasteiger charge is -2.07. The molecule has 8 heteroatoms. The van der Waals surface area contributed by atoms with Gasteiger partial charge in [-0.1, -0.05) is 0 Å². The lowest BCUT2D eigenvalue weighted by molar-refractivity contribution is 0.144. The summed E-state index contributed by atoms with van der Waals surface area (Å²) in [6, 6.07) is 0.677. The lowest BCUT2D eigenvalue weighted by Crippen LogP contribution is -2.20. The van der Waals surface area contributed by atoms with Crippen LogP contribution in [-0.2, 0) is 10.0 Å². The van der Waals surface area contributed by atoms with Gasteiger partial charge in [0.2, 0.25) is 15.6 Å². The molecule has 0 aromatic carbocycles. The first-order valence-electron chi connectivity index (χ1n) is 3.78. The Hall–Kier alpha value is -1.28. The van der Waals surface area contributed by atoms with Crippen LogP contribution in [0.15, 0.2) is 15.8 Å². The van der Waals surface area contributed by atoms with Gasteiger partial charge in [-0.15, -0.1) is 0 Å². The van der Waals surface area contributed by atoms with Crippen molar-refractivity contribution in [1.82, 2.24) is 4.98 Å². The molecule has 5 nitrogen and oxygen atoms in total. The maximum Gasteiger partial charge on any atom is 0.278 e. The van der Waals surface area contributed by atoms with Crippen LogP contribution in [-0.4, -0.2) is 13.4 Å². The van der Waals surface area contributed by atoms with E-state index in [-0.39, 0.29) is 5.56 Å². The number of nitrogens with one attached hydrogen (secondary N) is 1. The summed E-state index contributed by atoms with van der Waals surface area (Å²) in [5.41, 5.74) is -1.90. The molecule has 84 valence electrons. The third-order valence-corrected chi connectivity index (χ3v) is 2.86. The topological polar surface area (TPSA) is 93.0 Å². The van der Waals surface area contributed by atoms with Crippen LogP contribution in [0.5, 0.6) is 0 Å². The monoisotopic (exact) mass is 238 g/mol. The Morgan fingerprint density at radius 3 is 2.40 bits per heavy atom. The van der Waals surface area contributed by atoms with Gasteiger partial charge in [-0.25, -0.2) is 22.3 Å². The van der Waals surface area contributed by atoms with Crippen molar-refractivity contribution in [1.29, 1.82) is 0 Å². The molecule has 0 bridgehead atoms. The number of primary sulfonamides is 1. The van der Waals surface area contributed by atoms with E-state index in [2.05, 4.69) is 0 Å². The van der Waals surface area contributed by atoms with Crippen LogP contribution in [0.4, 0.5) is 8.78 Å². The highest BCUT2D eigenvalue weighted by molar-refractivity contribution is 7.89. The van der Waals surface area contributed by atoms with Gasteiger partial charge in [-0.05, 0) is 12.5 Å². The highest BCUT2D eigenvalue weighted by Crippen LogP contribution is 2.22. The number of sulfonamides is 1. The molecule has 0 saturated carbocycles. The van der Waals surface area contributed by atoms with Crippen molar-refractivity contribution < 1.29 is 17.2 Å². The first kappa shape index (κ1) is 11.8. The van der Waals surface area contributed by atoms with E-state index in [1.165, 1.54) is 0 Å². The van der Waals surface area contributed by atoms with Crippen molar-refractivity contribution in [2.24, 2.45) is 5.14 Å². The molecule has 0 amide bonds. The normalized spacial score (nSPS) is 12.1. The molecule has 0 spiro atoms. The molecule has 15 heavy (non-hydrogen) atoms. The predicted molar refractivity (Wildman–Crippen MR) is 48.1 cm³/mol. The highest BCUT2D eigenvalue weighted by Gasteiger charge is 2.20. The standard InChI is InChI=1S/C7H8F2N2O3S/c1-3-4(15(10,13)14)2-5(12)11-6(3)7(8)9/h2,7H,1H3,(H,11,12)(H2,10,13,14). The van der Waals surface area contributed by atoms with Crippen LogP contribution in [0.25, 0.3) is 0 Å². The van der Waals surface area contributed by atoms with Crippen LogP contribution in [0.2, 0.25) is 0 Å². The molecule has 1 heterocycles. The number of H-pyrrole nitrogens is 1. The number of pyridine rings is 1. The molecule has 0 aliphatic carbocycles. The van der Waals surface area contributed by atoms with Gasteiger partial charge in [0.05, 0.1) is 10.6 Å². The van der Waals surface area contributed by atoms with E-state index in [1.807, 2.05) is 4.98 Å². The number of rotatable bonds is 2. The Morgan fingerprint density at radius 1 is 1.47 bits per heavy atom.